The standard InChI is InChI=1S/C8H14N6O/c1-2-3-14(6-4-9-5-6)8(15)7-10-12-13-11-7/h6,9H,2-5H2,1H3,(H,10,11,12,13). The molecule has 0 saturated carbocycles. The number of amides is 1. The average molecular weight is 210 g/mol. The molecule has 1 aliphatic rings. The molecule has 0 atom stereocenters. The molecule has 0 bridgehead atoms. The van der Waals surface area contributed by atoms with Crippen LogP contribution < -0.4 is 5.32 Å². The van der Waals surface area contributed by atoms with Crippen LogP contribution in [-0.2, 0) is 0 Å². The molecule has 1 aromatic heterocycles. The molecule has 1 fully saturated rings. The summed E-state index contributed by atoms with van der Waals surface area (Å²) in [4.78, 5) is 13.8. The van der Waals surface area contributed by atoms with E-state index in [-0.39, 0.29) is 17.8 Å². The summed E-state index contributed by atoms with van der Waals surface area (Å²) >= 11 is 0. The molecule has 1 saturated heterocycles. The van der Waals surface area contributed by atoms with Crippen molar-refractivity contribution < 1.29 is 4.79 Å². The van der Waals surface area contributed by atoms with Gasteiger partial charge in [0.15, 0.2) is 0 Å². The second-order valence-corrected chi connectivity index (χ2v) is 3.55. The van der Waals surface area contributed by atoms with Gasteiger partial charge in [-0.25, -0.2) is 0 Å². The third-order valence-electron chi connectivity index (χ3n) is 2.46. The summed E-state index contributed by atoms with van der Waals surface area (Å²) in [6.45, 7) is 4.48. The summed E-state index contributed by atoms with van der Waals surface area (Å²) in [6.07, 6.45) is 0.931. The Morgan fingerprint density at radius 2 is 2.40 bits per heavy atom. The van der Waals surface area contributed by atoms with E-state index in [1.807, 2.05) is 6.92 Å². The Balaban J connectivity index is 2.06. The molecule has 0 aromatic carbocycles. The minimum Gasteiger partial charge on any atom is -0.330 e. The first-order chi connectivity index (χ1) is 7.33. The van der Waals surface area contributed by atoms with Gasteiger partial charge in [0.05, 0.1) is 6.04 Å². The molecule has 2 rings (SSSR count). The summed E-state index contributed by atoms with van der Waals surface area (Å²) < 4.78 is 0. The second kappa shape index (κ2) is 4.35. The highest BCUT2D eigenvalue weighted by atomic mass is 16.2. The van der Waals surface area contributed by atoms with E-state index in [0.717, 1.165) is 26.1 Å². The number of aromatic nitrogens is 4. The predicted molar refractivity (Wildman–Crippen MR) is 52.2 cm³/mol. The van der Waals surface area contributed by atoms with Crippen molar-refractivity contribution in [1.29, 1.82) is 0 Å². The summed E-state index contributed by atoms with van der Waals surface area (Å²) in [5, 5.41) is 16.2. The Morgan fingerprint density at radius 1 is 1.60 bits per heavy atom. The van der Waals surface area contributed by atoms with Crippen molar-refractivity contribution in [2.75, 3.05) is 19.6 Å². The van der Waals surface area contributed by atoms with Gasteiger partial charge in [0.25, 0.3) is 11.7 Å². The lowest BCUT2D eigenvalue weighted by Crippen LogP contribution is -2.59. The number of nitrogens with zero attached hydrogens (tertiary/aromatic N) is 4. The van der Waals surface area contributed by atoms with Crippen LogP contribution in [0.2, 0.25) is 0 Å². The lowest BCUT2D eigenvalue weighted by molar-refractivity contribution is 0.0603. The minimum absolute atomic E-state index is 0.142. The van der Waals surface area contributed by atoms with Gasteiger partial charge < -0.3 is 10.2 Å². The van der Waals surface area contributed by atoms with Gasteiger partial charge in [-0.2, -0.15) is 5.21 Å². The summed E-state index contributed by atoms with van der Waals surface area (Å²) in [5.74, 6) is 0.00690. The van der Waals surface area contributed by atoms with Crippen LogP contribution in [0.4, 0.5) is 0 Å². The van der Waals surface area contributed by atoms with Gasteiger partial charge in [0.1, 0.15) is 0 Å². The minimum atomic E-state index is -0.142. The van der Waals surface area contributed by atoms with Crippen molar-refractivity contribution in [2.24, 2.45) is 0 Å². The van der Waals surface area contributed by atoms with Crippen molar-refractivity contribution in [3.63, 3.8) is 0 Å². The first-order valence-corrected chi connectivity index (χ1v) is 5.08. The maximum absolute atomic E-state index is 11.9. The molecule has 1 aromatic rings. The first kappa shape index (κ1) is 10.0. The number of hydrogen-bond acceptors (Lipinski definition) is 5. The molecular formula is C8H14N6O. The molecule has 2 heterocycles. The quantitative estimate of drug-likeness (QED) is 0.667. The predicted octanol–water partition coefficient (Wildman–Crippen LogP) is -0.976. The molecule has 0 spiro atoms. The van der Waals surface area contributed by atoms with Crippen molar-refractivity contribution in [3.8, 4) is 0 Å². The highest BCUT2D eigenvalue weighted by Crippen LogP contribution is 2.09. The van der Waals surface area contributed by atoms with Crippen LogP contribution in [0.1, 0.15) is 24.0 Å². The first-order valence-electron chi connectivity index (χ1n) is 5.08. The Kier molecular flexibility index (Phi) is 2.91. The highest BCUT2D eigenvalue weighted by molar-refractivity contribution is 5.90. The summed E-state index contributed by atoms with van der Waals surface area (Å²) in [7, 11) is 0. The van der Waals surface area contributed by atoms with Crippen LogP contribution in [0.3, 0.4) is 0 Å². The van der Waals surface area contributed by atoms with Crippen LogP contribution in [0.15, 0.2) is 0 Å². The average Bonchev–Trinajstić information content (AvgIpc) is 2.66. The molecule has 7 heteroatoms. The van der Waals surface area contributed by atoms with E-state index in [9.17, 15) is 4.79 Å². The monoisotopic (exact) mass is 210 g/mol. The third kappa shape index (κ3) is 1.96. The Bertz CT molecular complexity index is 320. The summed E-state index contributed by atoms with van der Waals surface area (Å²) in [6, 6.07) is 0.274. The van der Waals surface area contributed by atoms with Crippen molar-refractivity contribution >= 4 is 5.91 Å². The van der Waals surface area contributed by atoms with Gasteiger partial charge in [-0.15, -0.1) is 10.2 Å². The fraction of sp³-hybridized carbons (Fsp3) is 0.750. The Labute approximate surface area is 87.2 Å². The molecule has 7 nitrogen and oxygen atoms in total. The molecule has 15 heavy (non-hydrogen) atoms. The molecule has 0 radical (unpaired) electrons. The van der Waals surface area contributed by atoms with Gasteiger partial charge in [-0.05, 0) is 11.6 Å². The second-order valence-electron chi connectivity index (χ2n) is 3.55. The molecular weight excluding hydrogens is 196 g/mol. The number of carbonyl (C=O) groups is 1. The number of rotatable bonds is 4. The molecule has 2 N–H and O–H groups in total. The lowest BCUT2D eigenvalue weighted by Gasteiger charge is -2.37. The van der Waals surface area contributed by atoms with E-state index < -0.39 is 0 Å². The smallest absolute Gasteiger partial charge is 0.295 e. The van der Waals surface area contributed by atoms with E-state index in [1.54, 1.807) is 4.90 Å². The van der Waals surface area contributed by atoms with Gasteiger partial charge in [-0.1, -0.05) is 6.92 Å². The van der Waals surface area contributed by atoms with Crippen LogP contribution in [0.5, 0.6) is 0 Å². The number of tetrazole rings is 1. The molecule has 0 aliphatic carbocycles. The number of H-pyrrole nitrogens is 1. The number of aromatic amines is 1. The van der Waals surface area contributed by atoms with Crippen molar-refractivity contribution in [1.82, 2.24) is 30.8 Å². The highest BCUT2D eigenvalue weighted by Gasteiger charge is 2.30. The Morgan fingerprint density at radius 3 is 2.87 bits per heavy atom. The fourth-order valence-electron chi connectivity index (χ4n) is 1.57. The zero-order valence-electron chi connectivity index (χ0n) is 8.60. The van der Waals surface area contributed by atoms with E-state index in [2.05, 4.69) is 25.9 Å². The number of hydrogen-bond donors (Lipinski definition) is 2. The van der Waals surface area contributed by atoms with Gasteiger partial charge in [-0.3, -0.25) is 4.79 Å². The number of carbonyl (C=O) groups excluding carboxylic acids is 1. The zero-order chi connectivity index (χ0) is 10.7. The van der Waals surface area contributed by atoms with Gasteiger partial charge in [0.2, 0.25) is 0 Å². The largest absolute Gasteiger partial charge is 0.330 e. The summed E-state index contributed by atoms with van der Waals surface area (Å²) in [5.41, 5.74) is 0. The maximum Gasteiger partial charge on any atom is 0.295 e. The molecule has 82 valence electrons. The van der Waals surface area contributed by atoms with E-state index in [0.29, 0.717) is 0 Å². The zero-order valence-corrected chi connectivity index (χ0v) is 8.60. The number of nitrogens with one attached hydrogen (secondary N) is 2. The van der Waals surface area contributed by atoms with Crippen LogP contribution >= 0.6 is 0 Å². The van der Waals surface area contributed by atoms with E-state index in [1.165, 1.54) is 0 Å². The van der Waals surface area contributed by atoms with Crippen molar-refractivity contribution in [3.05, 3.63) is 5.82 Å². The van der Waals surface area contributed by atoms with Gasteiger partial charge >= 0.3 is 0 Å². The molecule has 1 aliphatic heterocycles. The third-order valence-corrected chi connectivity index (χ3v) is 2.46. The van der Waals surface area contributed by atoms with Crippen LogP contribution in [-0.4, -0.2) is 57.1 Å². The topological polar surface area (TPSA) is 86.8 Å². The van der Waals surface area contributed by atoms with Gasteiger partial charge in [0, 0.05) is 19.6 Å². The lowest BCUT2D eigenvalue weighted by atomic mass is 10.1. The molecule has 0 unspecified atom stereocenters. The normalized spacial score (nSPS) is 16.1. The van der Waals surface area contributed by atoms with E-state index in [4.69, 9.17) is 0 Å². The maximum atomic E-state index is 11.9. The van der Waals surface area contributed by atoms with Crippen LogP contribution in [0, 0.1) is 0 Å². The molecule has 1 amide bonds. The SMILES string of the molecule is CCCN(C(=O)c1nn[nH]n1)C1CNC1. The van der Waals surface area contributed by atoms with E-state index >= 15 is 0 Å². The Hall–Kier alpha value is -1.50. The fourth-order valence-corrected chi connectivity index (χ4v) is 1.57. The van der Waals surface area contributed by atoms with Crippen LogP contribution in [0.25, 0.3) is 0 Å². The van der Waals surface area contributed by atoms with Crippen molar-refractivity contribution in [2.45, 2.75) is 19.4 Å².